The lowest BCUT2D eigenvalue weighted by molar-refractivity contribution is -0.140. The molecule has 0 aromatic heterocycles. The summed E-state index contributed by atoms with van der Waals surface area (Å²) in [5.41, 5.74) is 0. The molecule has 0 saturated carbocycles. The maximum absolute atomic E-state index is 11.9. The molecule has 0 fully saturated rings. The second-order valence-electron chi connectivity index (χ2n) is 4.29. The molecule has 0 unspecified atom stereocenters. The number of rotatable bonds is 8. The van der Waals surface area contributed by atoms with Crippen molar-refractivity contribution in [2.24, 2.45) is 5.92 Å². The van der Waals surface area contributed by atoms with Gasteiger partial charge in [0, 0.05) is 19.7 Å². The summed E-state index contributed by atoms with van der Waals surface area (Å²) in [6, 6.07) is -1.23. The number of ether oxygens (including phenoxy) is 1. The summed E-state index contributed by atoms with van der Waals surface area (Å²) in [4.78, 5) is 24.4. The molecule has 0 aromatic rings. The molecule has 0 spiro atoms. The molecule has 0 aromatic carbocycles. The normalized spacial score (nSPS) is 12.3. The van der Waals surface area contributed by atoms with Crippen LogP contribution in [-0.2, 0) is 9.53 Å². The molecular weight excluding hydrogens is 236 g/mol. The summed E-state index contributed by atoms with van der Waals surface area (Å²) >= 11 is 0. The molecule has 0 aliphatic rings. The number of carbonyl (C=O) groups excluding carboxylic acids is 1. The van der Waals surface area contributed by atoms with Gasteiger partial charge < -0.3 is 20.1 Å². The van der Waals surface area contributed by atoms with Crippen LogP contribution in [-0.4, -0.2) is 54.4 Å². The van der Waals surface area contributed by atoms with Crippen molar-refractivity contribution in [1.29, 1.82) is 0 Å². The van der Waals surface area contributed by atoms with E-state index in [4.69, 9.17) is 9.84 Å². The molecule has 2 amide bonds. The first-order valence-corrected chi connectivity index (χ1v) is 6.29. The van der Waals surface area contributed by atoms with Gasteiger partial charge in [-0.1, -0.05) is 13.8 Å². The molecule has 0 radical (unpaired) electrons. The number of amides is 2. The third kappa shape index (κ3) is 5.86. The van der Waals surface area contributed by atoms with E-state index in [2.05, 4.69) is 5.32 Å². The summed E-state index contributed by atoms with van der Waals surface area (Å²) in [6.07, 6.45) is 0. The molecule has 6 nitrogen and oxygen atoms in total. The van der Waals surface area contributed by atoms with Gasteiger partial charge in [-0.2, -0.15) is 0 Å². The average molecular weight is 260 g/mol. The van der Waals surface area contributed by atoms with Gasteiger partial charge in [0.15, 0.2) is 0 Å². The Morgan fingerprint density at radius 3 is 2.33 bits per heavy atom. The molecule has 0 rings (SSSR count). The van der Waals surface area contributed by atoms with Gasteiger partial charge in [-0.05, 0) is 19.8 Å². The number of hydrogen-bond acceptors (Lipinski definition) is 3. The number of carboxylic acid groups (broad SMARTS) is 1. The Kier molecular flexibility index (Phi) is 8.11. The van der Waals surface area contributed by atoms with Gasteiger partial charge >= 0.3 is 12.0 Å². The maximum atomic E-state index is 11.9. The minimum atomic E-state index is -1.01. The SMILES string of the molecule is CCOCCN(CC)C(=O)N[C@H](C(=O)O)C(C)C. The largest absolute Gasteiger partial charge is 0.480 e. The third-order valence-electron chi connectivity index (χ3n) is 2.59. The van der Waals surface area contributed by atoms with E-state index in [1.54, 1.807) is 13.8 Å². The number of nitrogens with zero attached hydrogens (tertiary/aromatic N) is 1. The molecule has 0 bridgehead atoms. The van der Waals surface area contributed by atoms with Crippen molar-refractivity contribution in [2.75, 3.05) is 26.3 Å². The van der Waals surface area contributed by atoms with Crippen LogP contribution >= 0.6 is 0 Å². The summed E-state index contributed by atoms with van der Waals surface area (Å²) in [5, 5.41) is 11.5. The van der Waals surface area contributed by atoms with Gasteiger partial charge in [-0.25, -0.2) is 9.59 Å². The summed E-state index contributed by atoms with van der Waals surface area (Å²) in [7, 11) is 0. The van der Waals surface area contributed by atoms with Crippen molar-refractivity contribution in [1.82, 2.24) is 10.2 Å². The highest BCUT2D eigenvalue weighted by atomic mass is 16.5. The molecule has 0 aliphatic heterocycles. The minimum absolute atomic E-state index is 0.156. The van der Waals surface area contributed by atoms with Crippen LogP contribution in [0.15, 0.2) is 0 Å². The van der Waals surface area contributed by atoms with E-state index in [-0.39, 0.29) is 11.9 Å². The summed E-state index contributed by atoms with van der Waals surface area (Å²) in [5.74, 6) is -1.17. The molecule has 18 heavy (non-hydrogen) atoms. The highest BCUT2D eigenvalue weighted by Gasteiger charge is 2.25. The number of carboxylic acids is 1. The Hall–Kier alpha value is -1.30. The predicted molar refractivity (Wildman–Crippen MR) is 68.5 cm³/mol. The quantitative estimate of drug-likeness (QED) is 0.642. The van der Waals surface area contributed by atoms with E-state index in [1.165, 1.54) is 4.90 Å². The zero-order valence-corrected chi connectivity index (χ0v) is 11.6. The van der Waals surface area contributed by atoms with Crippen LogP contribution < -0.4 is 5.32 Å². The van der Waals surface area contributed by atoms with Crippen molar-refractivity contribution in [3.05, 3.63) is 0 Å². The second kappa shape index (κ2) is 8.74. The van der Waals surface area contributed by atoms with Gasteiger partial charge in [-0.3, -0.25) is 0 Å². The minimum Gasteiger partial charge on any atom is -0.480 e. The Labute approximate surface area is 108 Å². The van der Waals surface area contributed by atoms with Crippen molar-refractivity contribution >= 4 is 12.0 Å². The molecular formula is C12H24N2O4. The molecule has 0 saturated heterocycles. The first-order chi connectivity index (χ1) is 8.43. The van der Waals surface area contributed by atoms with E-state index in [9.17, 15) is 9.59 Å². The van der Waals surface area contributed by atoms with Crippen molar-refractivity contribution in [2.45, 2.75) is 33.7 Å². The fourth-order valence-corrected chi connectivity index (χ4v) is 1.46. The summed E-state index contributed by atoms with van der Waals surface area (Å²) < 4.78 is 5.18. The van der Waals surface area contributed by atoms with Crippen molar-refractivity contribution in [3.8, 4) is 0 Å². The van der Waals surface area contributed by atoms with Crippen LogP contribution in [0.1, 0.15) is 27.7 Å². The first kappa shape index (κ1) is 16.7. The first-order valence-electron chi connectivity index (χ1n) is 6.29. The Bertz CT molecular complexity index is 269. The molecule has 1 atom stereocenters. The van der Waals surface area contributed by atoms with Gasteiger partial charge in [-0.15, -0.1) is 0 Å². The van der Waals surface area contributed by atoms with Gasteiger partial charge in [0.1, 0.15) is 6.04 Å². The second-order valence-corrected chi connectivity index (χ2v) is 4.29. The Morgan fingerprint density at radius 2 is 1.94 bits per heavy atom. The lowest BCUT2D eigenvalue weighted by Gasteiger charge is -2.25. The standard InChI is InChI=1S/C12H24N2O4/c1-5-14(7-8-18-6-2)12(17)13-10(9(3)4)11(15)16/h9-10H,5-8H2,1-4H3,(H,13,17)(H,15,16)/t10-/m0/s1. The molecule has 6 heteroatoms. The van der Waals surface area contributed by atoms with Crippen molar-refractivity contribution < 1.29 is 19.4 Å². The van der Waals surface area contributed by atoms with E-state index < -0.39 is 12.0 Å². The number of aliphatic carboxylic acids is 1. The fourth-order valence-electron chi connectivity index (χ4n) is 1.46. The predicted octanol–water partition coefficient (Wildman–Crippen LogP) is 1.16. The lowest BCUT2D eigenvalue weighted by atomic mass is 10.1. The highest BCUT2D eigenvalue weighted by molar-refractivity contribution is 5.82. The molecule has 2 N–H and O–H groups in total. The number of hydrogen-bond donors (Lipinski definition) is 2. The number of nitrogens with one attached hydrogen (secondary N) is 1. The fraction of sp³-hybridized carbons (Fsp3) is 0.833. The topological polar surface area (TPSA) is 78.9 Å². The maximum Gasteiger partial charge on any atom is 0.326 e. The number of likely N-dealkylation sites (N-methyl/N-ethyl adjacent to an activating group) is 1. The smallest absolute Gasteiger partial charge is 0.326 e. The van der Waals surface area contributed by atoms with E-state index in [0.29, 0.717) is 26.3 Å². The third-order valence-corrected chi connectivity index (χ3v) is 2.59. The van der Waals surface area contributed by atoms with Crippen molar-refractivity contribution in [3.63, 3.8) is 0 Å². The zero-order chi connectivity index (χ0) is 14.1. The van der Waals surface area contributed by atoms with Gasteiger partial charge in [0.05, 0.1) is 6.61 Å². The summed E-state index contributed by atoms with van der Waals surface area (Å²) in [6.45, 7) is 9.28. The van der Waals surface area contributed by atoms with E-state index in [1.807, 2.05) is 13.8 Å². The number of carbonyl (C=O) groups is 2. The van der Waals surface area contributed by atoms with Crippen LogP contribution in [0.2, 0.25) is 0 Å². The van der Waals surface area contributed by atoms with Crippen LogP contribution in [0.4, 0.5) is 4.79 Å². The van der Waals surface area contributed by atoms with E-state index in [0.717, 1.165) is 0 Å². The molecule has 0 aliphatic carbocycles. The number of urea groups is 1. The lowest BCUT2D eigenvalue weighted by Crippen LogP contribution is -2.50. The van der Waals surface area contributed by atoms with Crippen LogP contribution in [0.25, 0.3) is 0 Å². The molecule has 0 heterocycles. The van der Waals surface area contributed by atoms with Crippen LogP contribution in [0.5, 0.6) is 0 Å². The molecule has 106 valence electrons. The Balaban J connectivity index is 4.36. The zero-order valence-electron chi connectivity index (χ0n) is 11.6. The van der Waals surface area contributed by atoms with Crippen LogP contribution in [0, 0.1) is 5.92 Å². The monoisotopic (exact) mass is 260 g/mol. The van der Waals surface area contributed by atoms with E-state index >= 15 is 0 Å². The van der Waals surface area contributed by atoms with Gasteiger partial charge in [0.2, 0.25) is 0 Å². The Morgan fingerprint density at radius 1 is 1.33 bits per heavy atom. The highest BCUT2D eigenvalue weighted by Crippen LogP contribution is 2.03. The van der Waals surface area contributed by atoms with Gasteiger partial charge in [0.25, 0.3) is 0 Å². The average Bonchev–Trinajstić information content (AvgIpc) is 2.30. The van der Waals surface area contributed by atoms with Crippen LogP contribution in [0.3, 0.4) is 0 Å².